The van der Waals surface area contributed by atoms with Crippen LogP contribution in [0.1, 0.15) is 58.4 Å². The molecule has 7 nitrogen and oxygen atoms in total. The molecule has 184 valence electrons. The molecule has 1 saturated carbocycles. The summed E-state index contributed by atoms with van der Waals surface area (Å²) in [6.45, 7) is 4.00. The maximum absolute atomic E-state index is 14.0. The van der Waals surface area contributed by atoms with Crippen LogP contribution in [0.25, 0.3) is 0 Å². The van der Waals surface area contributed by atoms with Crippen molar-refractivity contribution in [3.8, 4) is 5.75 Å². The SMILES string of the molecule is CNCc1cc(Cn2ccnc2NC)cc2c1C1(CC1)CN([C@@H](C)c1ccc(F)c(OC)c1)C2=O. The van der Waals surface area contributed by atoms with Gasteiger partial charge in [0.2, 0.25) is 5.95 Å². The molecule has 0 radical (unpaired) electrons. The van der Waals surface area contributed by atoms with Crippen molar-refractivity contribution in [3.63, 3.8) is 0 Å². The first-order valence-corrected chi connectivity index (χ1v) is 12.0. The highest BCUT2D eigenvalue weighted by atomic mass is 19.1. The minimum Gasteiger partial charge on any atom is -0.494 e. The fourth-order valence-corrected chi connectivity index (χ4v) is 5.47. The number of hydrogen-bond donors (Lipinski definition) is 2. The van der Waals surface area contributed by atoms with Crippen molar-refractivity contribution < 1.29 is 13.9 Å². The molecule has 0 bridgehead atoms. The topological polar surface area (TPSA) is 71.4 Å². The number of halogens is 1. The van der Waals surface area contributed by atoms with Crippen molar-refractivity contribution in [2.45, 2.75) is 44.3 Å². The Morgan fingerprint density at radius 3 is 2.71 bits per heavy atom. The van der Waals surface area contributed by atoms with Gasteiger partial charge in [-0.15, -0.1) is 0 Å². The summed E-state index contributed by atoms with van der Waals surface area (Å²) in [5, 5.41) is 6.41. The van der Waals surface area contributed by atoms with E-state index in [0.717, 1.165) is 35.5 Å². The summed E-state index contributed by atoms with van der Waals surface area (Å²) in [6.07, 6.45) is 5.82. The van der Waals surface area contributed by atoms with Gasteiger partial charge in [-0.25, -0.2) is 9.37 Å². The number of aromatic nitrogens is 2. The molecule has 1 aliphatic carbocycles. The summed E-state index contributed by atoms with van der Waals surface area (Å²) in [4.78, 5) is 20.3. The van der Waals surface area contributed by atoms with Crippen LogP contribution < -0.4 is 15.4 Å². The Labute approximate surface area is 205 Å². The number of benzene rings is 2. The standard InChI is InChI=1S/C27H32FN5O2/c1-17(19-5-6-22(28)23(13-19)35-4)33-16-27(7-8-27)24-20(14-29-2)11-18(12-21(24)25(33)34)15-32-10-9-31-26(32)30-3/h5-6,9-13,17,29H,7-8,14-16H2,1-4H3,(H,30,31)/t17-/m0/s1. The number of hydrogen-bond acceptors (Lipinski definition) is 5. The van der Waals surface area contributed by atoms with E-state index in [9.17, 15) is 9.18 Å². The van der Waals surface area contributed by atoms with Gasteiger partial charge in [0.1, 0.15) is 0 Å². The summed E-state index contributed by atoms with van der Waals surface area (Å²) in [5.74, 6) is 0.592. The summed E-state index contributed by atoms with van der Waals surface area (Å²) in [6, 6.07) is 8.93. The fraction of sp³-hybridized carbons (Fsp3) is 0.407. The molecule has 1 aliphatic heterocycles. The lowest BCUT2D eigenvalue weighted by atomic mass is 9.81. The highest BCUT2D eigenvalue weighted by Gasteiger charge is 2.53. The second kappa shape index (κ2) is 9.00. The number of imidazole rings is 1. The minimum atomic E-state index is -0.404. The number of nitrogens with one attached hydrogen (secondary N) is 2. The first-order chi connectivity index (χ1) is 16.9. The lowest BCUT2D eigenvalue weighted by molar-refractivity contribution is 0.0637. The zero-order chi connectivity index (χ0) is 24.7. The van der Waals surface area contributed by atoms with E-state index < -0.39 is 5.82 Å². The Morgan fingerprint density at radius 2 is 2.03 bits per heavy atom. The van der Waals surface area contributed by atoms with E-state index in [-0.39, 0.29) is 23.1 Å². The highest BCUT2D eigenvalue weighted by molar-refractivity contribution is 5.99. The van der Waals surface area contributed by atoms with E-state index in [2.05, 4.69) is 27.8 Å². The Balaban J connectivity index is 1.55. The largest absolute Gasteiger partial charge is 0.494 e. The van der Waals surface area contributed by atoms with Crippen LogP contribution in [0, 0.1) is 5.82 Å². The molecule has 2 aromatic carbocycles. The number of rotatable bonds is 8. The maximum Gasteiger partial charge on any atom is 0.254 e. The molecular formula is C27H32FN5O2. The molecule has 3 aromatic rings. The molecule has 0 unspecified atom stereocenters. The number of carbonyl (C=O) groups excluding carboxylic acids is 1. The fourth-order valence-electron chi connectivity index (χ4n) is 5.47. The van der Waals surface area contributed by atoms with Crippen LogP contribution in [-0.2, 0) is 18.5 Å². The number of fused-ring (bicyclic) bond motifs is 2. The Morgan fingerprint density at radius 1 is 1.23 bits per heavy atom. The molecule has 35 heavy (non-hydrogen) atoms. The molecule has 1 fully saturated rings. The van der Waals surface area contributed by atoms with E-state index in [1.54, 1.807) is 18.3 Å². The van der Waals surface area contributed by atoms with Gasteiger partial charge in [0.05, 0.1) is 19.7 Å². The third-order valence-electron chi connectivity index (χ3n) is 7.41. The zero-order valence-corrected chi connectivity index (χ0v) is 20.7. The van der Waals surface area contributed by atoms with Crippen LogP contribution >= 0.6 is 0 Å². The third-order valence-corrected chi connectivity index (χ3v) is 7.41. The molecule has 1 amide bonds. The second-order valence-corrected chi connectivity index (χ2v) is 9.62. The monoisotopic (exact) mass is 477 g/mol. The summed E-state index contributed by atoms with van der Waals surface area (Å²) >= 11 is 0. The van der Waals surface area contributed by atoms with E-state index in [1.165, 1.54) is 24.3 Å². The lowest BCUT2D eigenvalue weighted by Crippen LogP contribution is -2.45. The minimum absolute atomic E-state index is 0.0164. The van der Waals surface area contributed by atoms with Gasteiger partial charge in [0.25, 0.3) is 5.91 Å². The number of amides is 1. The van der Waals surface area contributed by atoms with E-state index in [0.29, 0.717) is 19.6 Å². The van der Waals surface area contributed by atoms with Crippen molar-refractivity contribution in [2.24, 2.45) is 0 Å². The van der Waals surface area contributed by atoms with Crippen molar-refractivity contribution in [2.75, 3.05) is 33.1 Å². The van der Waals surface area contributed by atoms with Crippen LogP contribution in [0.5, 0.6) is 5.75 Å². The van der Waals surface area contributed by atoms with Gasteiger partial charge < -0.3 is 24.8 Å². The lowest BCUT2D eigenvalue weighted by Gasteiger charge is -2.40. The molecule has 2 N–H and O–H groups in total. The normalized spacial score (nSPS) is 16.8. The first-order valence-electron chi connectivity index (χ1n) is 12.0. The smallest absolute Gasteiger partial charge is 0.254 e. The van der Waals surface area contributed by atoms with Gasteiger partial charge >= 0.3 is 0 Å². The average Bonchev–Trinajstić information content (AvgIpc) is 3.48. The Kier molecular flexibility index (Phi) is 6.01. The van der Waals surface area contributed by atoms with Crippen molar-refractivity contribution in [1.82, 2.24) is 19.8 Å². The number of nitrogens with zero attached hydrogens (tertiary/aromatic N) is 3. The molecule has 0 saturated heterocycles. The summed E-state index contributed by atoms with van der Waals surface area (Å²) in [7, 11) is 5.25. The van der Waals surface area contributed by atoms with Gasteiger partial charge in [-0.3, -0.25) is 4.79 Å². The third kappa shape index (κ3) is 4.05. The van der Waals surface area contributed by atoms with E-state index in [4.69, 9.17) is 4.74 Å². The quantitative estimate of drug-likeness (QED) is 0.511. The van der Waals surface area contributed by atoms with Crippen LogP contribution in [-0.4, -0.2) is 48.1 Å². The summed E-state index contributed by atoms with van der Waals surface area (Å²) in [5.41, 5.74) is 5.07. The first kappa shape index (κ1) is 23.4. The number of ether oxygens (including phenoxy) is 1. The van der Waals surface area contributed by atoms with Gasteiger partial charge in [-0.1, -0.05) is 12.1 Å². The van der Waals surface area contributed by atoms with Gasteiger partial charge in [0, 0.05) is 43.5 Å². The van der Waals surface area contributed by atoms with Crippen LogP contribution in [0.3, 0.4) is 0 Å². The van der Waals surface area contributed by atoms with Crippen molar-refractivity contribution in [3.05, 3.63) is 76.4 Å². The predicted molar refractivity (Wildman–Crippen MR) is 133 cm³/mol. The molecular weight excluding hydrogens is 445 g/mol. The molecule has 1 atom stereocenters. The Hall–Kier alpha value is -3.39. The summed E-state index contributed by atoms with van der Waals surface area (Å²) < 4.78 is 21.3. The number of carbonyl (C=O) groups is 1. The average molecular weight is 478 g/mol. The zero-order valence-electron chi connectivity index (χ0n) is 20.7. The van der Waals surface area contributed by atoms with Crippen LogP contribution in [0.2, 0.25) is 0 Å². The van der Waals surface area contributed by atoms with Gasteiger partial charge in [-0.05, 0) is 67.3 Å². The molecule has 1 aromatic heterocycles. The second-order valence-electron chi connectivity index (χ2n) is 9.62. The van der Waals surface area contributed by atoms with E-state index >= 15 is 0 Å². The maximum atomic E-state index is 14.0. The van der Waals surface area contributed by atoms with Crippen LogP contribution in [0.15, 0.2) is 42.7 Å². The molecule has 5 rings (SSSR count). The van der Waals surface area contributed by atoms with Crippen molar-refractivity contribution in [1.29, 1.82) is 0 Å². The van der Waals surface area contributed by atoms with Gasteiger partial charge in [0.15, 0.2) is 11.6 Å². The Bertz CT molecular complexity index is 1270. The highest BCUT2D eigenvalue weighted by Crippen LogP contribution is 2.55. The molecule has 1 spiro atoms. The number of methoxy groups -OCH3 is 1. The molecule has 2 aliphatic rings. The van der Waals surface area contributed by atoms with Crippen molar-refractivity contribution >= 4 is 11.9 Å². The molecule has 8 heteroatoms. The van der Waals surface area contributed by atoms with Gasteiger partial charge in [-0.2, -0.15) is 0 Å². The van der Waals surface area contributed by atoms with Crippen LogP contribution in [0.4, 0.5) is 10.3 Å². The predicted octanol–water partition coefficient (Wildman–Crippen LogP) is 4.09. The molecule has 2 heterocycles. The van der Waals surface area contributed by atoms with E-state index in [1.807, 2.05) is 36.7 Å². The number of anilines is 1.